The van der Waals surface area contributed by atoms with E-state index in [0.29, 0.717) is 0 Å². The molecule has 12 aromatic rings. The van der Waals surface area contributed by atoms with Crippen molar-refractivity contribution in [2.24, 2.45) is 0 Å². The molecular formula is C65H43OP. The summed E-state index contributed by atoms with van der Waals surface area (Å²) in [5.74, 6) is 0. The molecule has 314 valence electrons. The van der Waals surface area contributed by atoms with Crippen molar-refractivity contribution in [1.82, 2.24) is 0 Å². The van der Waals surface area contributed by atoms with E-state index in [1.54, 1.807) is 0 Å². The van der Waals surface area contributed by atoms with Crippen LogP contribution in [0.4, 0.5) is 0 Å². The van der Waals surface area contributed by atoms with Gasteiger partial charge < -0.3 is 4.57 Å². The van der Waals surface area contributed by atoms with Crippen LogP contribution >= 0.6 is 7.14 Å². The Hall–Kier alpha value is -8.09. The molecule has 0 fully saturated rings. The highest BCUT2D eigenvalue weighted by molar-refractivity contribution is 7.85. The van der Waals surface area contributed by atoms with Crippen LogP contribution < -0.4 is 15.9 Å². The topological polar surface area (TPSA) is 17.1 Å². The van der Waals surface area contributed by atoms with E-state index in [2.05, 4.69) is 200 Å². The van der Waals surface area contributed by atoms with Crippen molar-refractivity contribution in [3.63, 3.8) is 0 Å². The summed E-state index contributed by atoms with van der Waals surface area (Å²) in [4.78, 5) is 0. The molecule has 1 aliphatic rings. The molecular weight excluding hydrogens is 828 g/mol. The van der Waals surface area contributed by atoms with Gasteiger partial charge in [0.15, 0.2) is 7.14 Å². The average Bonchev–Trinajstić information content (AvgIpc) is 3.71. The highest BCUT2D eigenvalue weighted by atomic mass is 31.2. The normalized spacial score (nSPS) is 13.0. The third-order valence-electron chi connectivity index (χ3n) is 14.4. The molecule has 0 atom stereocenters. The molecule has 0 bridgehead atoms. The van der Waals surface area contributed by atoms with Gasteiger partial charge >= 0.3 is 0 Å². The van der Waals surface area contributed by atoms with Crippen molar-refractivity contribution in [1.29, 1.82) is 0 Å². The van der Waals surface area contributed by atoms with Crippen molar-refractivity contribution in [2.75, 3.05) is 0 Å². The molecule has 0 radical (unpaired) electrons. The average molecular weight is 871 g/mol. The summed E-state index contributed by atoms with van der Waals surface area (Å²) in [5, 5.41) is 12.4. The highest BCUT2D eigenvalue weighted by Gasteiger charge is 2.47. The minimum absolute atomic E-state index is 0.748. The van der Waals surface area contributed by atoms with Crippen LogP contribution in [0.3, 0.4) is 0 Å². The fourth-order valence-electron chi connectivity index (χ4n) is 11.6. The summed E-state index contributed by atoms with van der Waals surface area (Å²) in [6, 6.07) is 93.7. The second-order valence-corrected chi connectivity index (χ2v) is 20.5. The molecule has 0 unspecified atom stereocenters. The quantitative estimate of drug-likeness (QED) is 0.0886. The lowest BCUT2D eigenvalue weighted by Gasteiger charge is -2.34. The lowest BCUT2D eigenvalue weighted by molar-refractivity contribution is 0.592. The number of benzene rings is 12. The number of hydrogen-bond donors (Lipinski definition) is 0. The van der Waals surface area contributed by atoms with E-state index >= 15 is 4.57 Å². The molecule has 0 spiro atoms. The zero-order chi connectivity index (χ0) is 44.5. The van der Waals surface area contributed by atoms with Crippen molar-refractivity contribution in [2.45, 2.75) is 5.41 Å². The molecule has 12 aromatic carbocycles. The molecule has 1 aliphatic carbocycles. The van der Waals surface area contributed by atoms with Crippen molar-refractivity contribution in [3.8, 4) is 33.4 Å². The molecule has 0 heterocycles. The largest absolute Gasteiger partial charge is 0.309 e. The smallest absolute Gasteiger partial charge is 0.171 e. The maximum Gasteiger partial charge on any atom is 0.171 e. The highest BCUT2D eigenvalue weighted by Crippen LogP contribution is 2.59. The Balaban J connectivity index is 1.17. The predicted molar refractivity (Wildman–Crippen MR) is 284 cm³/mol. The van der Waals surface area contributed by atoms with Crippen molar-refractivity contribution in [3.05, 3.63) is 283 Å². The van der Waals surface area contributed by atoms with Crippen molar-refractivity contribution >= 4 is 66.1 Å². The molecule has 0 amide bonds. The lowest BCUT2D eigenvalue weighted by Crippen LogP contribution is -2.31. The molecule has 0 aliphatic heterocycles. The summed E-state index contributed by atoms with van der Waals surface area (Å²) in [6.45, 7) is 0. The van der Waals surface area contributed by atoms with E-state index in [-0.39, 0.29) is 0 Å². The Morgan fingerprint density at radius 2 is 0.657 bits per heavy atom. The van der Waals surface area contributed by atoms with Gasteiger partial charge in [0.1, 0.15) is 0 Å². The Morgan fingerprint density at radius 3 is 1.15 bits per heavy atom. The number of rotatable bonds is 7. The van der Waals surface area contributed by atoms with Gasteiger partial charge in [-0.05, 0) is 111 Å². The monoisotopic (exact) mass is 870 g/mol. The van der Waals surface area contributed by atoms with Crippen LogP contribution in [0.15, 0.2) is 261 Å². The van der Waals surface area contributed by atoms with Crippen LogP contribution in [-0.2, 0) is 9.98 Å². The summed E-state index contributed by atoms with van der Waals surface area (Å²) >= 11 is 0. The summed E-state index contributed by atoms with van der Waals surface area (Å²) in [7, 11) is -3.33. The van der Waals surface area contributed by atoms with Gasteiger partial charge in [0.2, 0.25) is 0 Å². The van der Waals surface area contributed by atoms with Gasteiger partial charge in [-0.25, -0.2) is 0 Å². The Kier molecular flexibility index (Phi) is 9.10. The maximum absolute atomic E-state index is 16.2. The maximum atomic E-state index is 16.2. The Morgan fingerprint density at radius 1 is 0.284 bits per heavy atom. The molecule has 67 heavy (non-hydrogen) atoms. The van der Waals surface area contributed by atoms with Crippen molar-refractivity contribution < 1.29 is 4.57 Å². The second-order valence-electron chi connectivity index (χ2n) is 17.8. The third kappa shape index (κ3) is 5.78. The van der Waals surface area contributed by atoms with E-state index in [1.165, 1.54) is 70.9 Å². The standard InChI is InChI=1S/C65H43OP/c66-67(48-28-12-4-13-29-48,49-30-14-5-15-31-49)50-39-41-54-53-40-38-45(42-59(53)65(60(54)43-50,46-24-8-2-9-25-46)47-26-10-3-11-27-47)62-58-37-21-20-36-57(58)61(44-22-6-1-7-23-44)63-55-34-18-16-32-51(55)52-33-17-19-35-56(52)64(62)63/h1-43H. The summed E-state index contributed by atoms with van der Waals surface area (Å²) in [5.41, 5.74) is 11.1. The first-order valence-corrected chi connectivity index (χ1v) is 24.8. The van der Waals surface area contributed by atoms with Gasteiger partial charge in [0.05, 0.1) is 5.41 Å². The zero-order valence-corrected chi connectivity index (χ0v) is 37.6. The van der Waals surface area contributed by atoms with E-state index < -0.39 is 12.6 Å². The first kappa shape index (κ1) is 39.3. The van der Waals surface area contributed by atoms with Crippen LogP contribution in [0.25, 0.3) is 76.5 Å². The molecule has 0 saturated carbocycles. The van der Waals surface area contributed by atoms with Crippen LogP contribution in [0.1, 0.15) is 22.3 Å². The van der Waals surface area contributed by atoms with E-state index in [4.69, 9.17) is 0 Å². The van der Waals surface area contributed by atoms with Gasteiger partial charge in [-0.2, -0.15) is 0 Å². The number of hydrogen-bond acceptors (Lipinski definition) is 1. The molecule has 2 heteroatoms. The van der Waals surface area contributed by atoms with E-state index in [1.807, 2.05) is 60.7 Å². The molecule has 0 saturated heterocycles. The Bertz CT molecular complexity index is 3840. The third-order valence-corrected chi connectivity index (χ3v) is 17.4. The fraction of sp³-hybridized carbons (Fsp3) is 0.0154. The minimum atomic E-state index is -3.33. The van der Waals surface area contributed by atoms with Crippen LogP contribution in [-0.4, -0.2) is 0 Å². The first-order valence-electron chi connectivity index (χ1n) is 23.1. The number of fused-ring (bicyclic) bond motifs is 10. The van der Waals surface area contributed by atoms with Gasteiger partial charge in [-0.15, -0.1) is 0 Å². The predicted octanol–water partition coefficient (Wildman–Crippen LogP) is 15.6. The van der Waals surface area contributed by atoms with E-state index in [9.17, 15) is 0 Å². The fourth-order valence-corrected chi connectivity index (χ4v) is 14.3. The minimum Gasteiger partial charge on any atom is -0.309 e. The summed E-state index contributed by atoms with van der Waals surface area (Å²) < 4.78 is 16.2. The first-order chi connectivity index (χ1) is 33.2. The van der Waals surface area contributed by atoms with Gasteiger partial charge in [-0.1, -0.05) is 249 Å². The molecule has 0 aromatic heterocycles. The molecule has 0 N–H and O–H groups in total. The van der Waals surface area contributed by atoms with Crippen LogP contribution in [0.5, 0.6) is 0 Å². The van der Waals surface area contributed by atoms with Crippen LogP contribution in [0, 0.1) is 0 Å². The lowest BCUT2D eigenvalue weighted by atomic mass is 9.67. The SMILES string of the molecule is O=P(c1ccccc1)(c1ccccc1)c1ccc2c(c1)C(c1ccccc1)(c1ccccc1)c1cc(-c3c4ccccc4c(-c4ccccc4)c4c5ccccc5c5ccccc5c34)ccc1-2. The van der Waals surface area contributed by atoms with Gasteiger partial charge in [0.25, 0.3) is 0 Å². The molecule has 13 rings (SSSR count). The Labute approximate surface area is 390 Å². The van der Waals surface area contributed by atoms with E-state index in [0.717, 1.165) is 43.7 Å². The van der Waals surface area contributed by atoms with Crippen LogP contribution in [0.2, 0.25) is 0 Å². The summed E-state index contributed by atoms with van der Waals surface area (Å²) in [6.07, 6.45) is 0. The zero-order valence-electron chi connectivity index (χ0n) is 36.7. The molecule has 1 nitrogen and oxygen atoms in total. The van der Waals surface area contributed by atoms with Gasteiger partial charge in [0, 0.05) is 15.9 Å². The second kappa shape index (κ2) is 15.5. The van der Waals surface area contributed by atoms with Gasteiger partial charge in [-0.3, -0.25) is 0 Å².